The maximum Gasteiger partial charge on any atom is 0.0621 e. The van der Waals surface area contributed by atoms with Crippen molar-refractivity contribution in [3.63, 3.8) is 0 Å². The molecule has 1 N–H and O–H groups in total. The molecule has 0 spiro atoms. The van der Waals surface area contributed by atoms with Crippen molar-refractivity contribution in [1.29, 1.82) is 0 Å². The van der Waals surface area contributed by atoms with Gasteiger partial charge in [0.15, 0.2) is 0 Å². The zero-order chi connectivity index (χ0) is 12.1. The van der Waals surface area contributed by atoms with E-state index in [0.717, 1.165) is 25.2 Å². The molecule has 2 unspecified atom stereocenters. The first kappa shape index (κ1) is 13.3. The first-order valence-corrected chi connectivity index (χ1v) is 7.31. The van der Waals surface area contributed by atoms with Gasteiger partial charge in [-0.1, -0.05) is 13.8 Å². The fourth-order valence-electron chi connectivity index (χ4n) is 3.05. The second-order valence-corrected chi connectivity index (χ2v) is 6.01. The average molecular weight is 240 g/mol. The molecule has 3 heteroatoms. The molecule has 2 heterocycles. The molecule has 0 radical (unpaired) electrons. The third-order valence-corrected chi connectivity index (χ3v) is 3.87. The Labute approximate surface area is 106 Å². The van der Waals surface area contributed by atoms with E-state index >= 15 is 0 Å². The highest BCUT2D eigenvalue weighted by atomic mass is 16.5. The molecule has 0 saturated carbocycles. The van der Waals surface area contributed by atoms with Crippen LogP contribution >= 0.6 is 0 Å². The second kappa shape index (κ2) is 6.72. The van der Waals surface area contributed by atoms with E-state index in [2.05, 4.69) is 24.1 Å². The van der Waals surface area contributed by atoms with Crippen molar-refractivity contribution >= 4 is 0 Å². The monoisotopic (exact) mass is 240 g/mol. The van der Waals surface area contributed by atoms with Gasteiger partial charge in [-0.25, -0.2) is 0 Å². The largest absolute Gasteiger partial charge is 0.380 e. The SMILES string of the molecule is CC(C)CN(CC1CCCN1)C1CCCOC1. The molecule has 2 rings (SSSR count). The Morgan fingerprint density at radius 3 is 2.76 bits per heavy atom. The molecule has 0 bridgehead atoms. The summed E-state index contributed by atoms with van der Waals surface area (Å²) in [6.07, 6.45) is 5.25. The Hall–Kier alpha value is -0.120. The van der Waals surface area contributed by atoms with E-state index in [-0.39, 0.29) is 0 Å². The van der Waals surface area contributed by atoms with Crippen molar-refractivity contribution in [2.24, 2.45) is 5.92 Å². The molecule has 0 aromatic carbocycles. The number of nitrogens with zero attached hydrogens (tertiary/aromatic N) is 1. The molecule has 2 fully saturated rings. The van der Waals surface area contributed by atoms with Crippen molar-refractivity contribution in [2.45, 2.75) is 51.6 Å². The molecule has 0 aromatic heterocycles. The Bertz CT molecular complexity index is 208. The Balaban J connectivity index is 1.86. The quantitative estimate of drug-likeness (QED) is 0.794. The van der Waals surface area contributed by atoms with E-state index in [1.54, 1.807) is 0 Å². The molecule has 0 aliphatic carbocycles. The van der Waals surface area contributed by atoms with E-state index in [9.17, 15) is 0 Å². The summed E-state index contributed by atoms with van der Waals surface area (Å²) >= 11 is 0. The predicted octanol–water partition coefficient (Wildman–Crippen LogP) is 1.88. The highest BCUT2D eigenvalue weighted by Crippen LogP contribution is 2.17. The van der Waals surface area contributed by atoms with Gasteiger partial charge < -0.3 is 10.1 Å². The van der Waals surface area contributed by atoms with Gasteiger partial charge in [0.25, 0.3) is 0 Å². The normalized spacial score (nSPS) is 30.4. The van der Waals surface area contributed by atoms with E-state index in [1.807, 2.05) is 0 Å². The summed E-state index contributed by atoms with van der Waals surface area (Å²) in [7, 11) is 0. The van der Waals surface area contributed by atoms with Gasteiger partial charge >= 0.3 is 0 Å². The fraction of sp³-hybridized carbons (Fsp3) is 1.00. The molecular formula is C14H28N2O. The van der Waals surface area contributed by atoms with Crippen molar-refractivity contribution in [2.75, 3.05) is 32.8 Å². The molecule has 0 amide bonds. The van der Waals surface area contributed by atoms with E-state index in [0.29, 0.717) is 6.04 Å². The van der Waals surface area contributed by atoms with Crippen LogP contribution < -0.4 is 5.32 Å². The van der Waals surface area contributed by atoms with Gasteiger partial charge in [-0.3, -0.25) is 4.90 Å². The zero-order valence-electron chi connectivity index (χ0n) is 11.5. The lowest BCUT2D eigenvalue weighted by molar-refractivity contribution is 0.0107. The minimum atomic E-state index is 0.661. The molecule has 0 aromatic rings. The van der Waals surface area contributed by atoms with Gasteiger partial charge in [0, 0.05) is 31.8 Å². The van der Waals surface area contributed by atoms with Crippen molar-refractivity contribution < 1.29 is 4.74 Å². The first-order chi connectivity index (χ1) is 8.25. The summed E-state index contributed by atoms with van der Waals surface area (Å²) in [5.41, 5.74) is 0. The maximum absolute atomic E-state index is 5.65. The smallest absolute Gasteiger partial charge is 0.0621 e. The van der Waals surface area contributed by atoms with Gasteiger partial charge in [-0.05, 0) is 38.1 Å². The molecule has 2 aliphatic heterocycles. The number of rotatable bonds is 5. The van der Waals surface area contributed by atoms with Gasteiger partial charge in [0.2, 0.25) is 0 Å². The highest BCUT2D eigenvalue weighted by Gasteiger charge is 2.25. The van der Waals surface area contributed by atoms with Gasteiger partial charge in [-0.2, -0.15) is 0 Å². The second-order valence-electron chi connectivity index (χ2n) is 6.01. The molecule has 17 heavy (non-hydrogen) atoms. The van der Waals surface area contributed by atoms with Gasteiger partial charge in [0.05, 0.1) is 6.61 Å². The third-order valence-electron chi connectivity index (χ3n) is 3.87. The number of ether oxygens (including phenoxy) is 1. The van der Waals surface area contributed by atoms with Crippen LogP contribution in [0.15, 0.2) is 0 Å². The number of hydrogen-bond acceptors (Lipinski definition) is 3. The van der Waals surface area contributed by atoms with Gasteiger partial charge in [0.1, 0.15) is 0 Å². The van der Waals surface area contributed by atoms with Crippen LogP contribution in [-0.4, -0.2) is 49.8 Å². The van der Waals surface area contributed by atoms with Crippen LogP contribution in [0.3, 0.4) is 0 Å². The molecule has 100 valence electrons. The number of hydrogen-bond donors (Lipinski definition) is 1. The van der Waals surface area contributed by atoms with Crippen LogP contribution in [0.2, 0.25) is 0 Å². The van der Waals surface area contributed by atoms with Gasteiger partial charge in [-0.15, -0.1) is 0 Å². The molecule has 2 aliphatic rings. The van der Waals surface area contributed by atoms with Crippen LogP contribution in [0.5, 0.6) is 0 Å². The van der Waals surface area contributed by atoms with Crippen LogP contribution in [0.4, 0.5) is 0 Å². The lowest BCUT2D eigenvalue weighted by atomic mass is 10.0. The average Bonchev–Trinajstić information content (AvgIpc) is 2.82. The molecular weight excluding hydrogens is 212 g/mol. The zero-order valence-corrected chi connectivity index (χ0v) is 11.5. The fourth-order valence-corrected chi connectivity index (χ4v) is 3.05. The lowest BCUT2D eigenvalue weighted by Crippen LogP contribution is -2.48. The Kier molecular flexibility index (Phi) is 5.26. The molecule has 2 atom stereocenters. The summed E-state index contributed by atoms with van der Waals surface area (Å²) in [6, 6.07) is 1.38. The molecule has 3 nitrogen and oxygen atoms in total. The van der Waals surface area contributed by atoms with E-state index < -0.39 is 0 Å². The summed E-state index contributed by atoms with van der Waals surface area (Å²) < 4.78 is 5.65. The van der Waals surface area contributed by atoms with Crippen molar-refractivity contribution in [3.8, 4) is 0 Å². The van der Waals surface area contributed by atoms with E-state index in [4.69, 9.17) is 4.74 Å². The third kappa shape index (κ3) is 4.23. The standard InChI is InChI=1S/C14H28N2O/c1-12(2)9-16(10-13-5-3-7-15-13)14-6-4-8-17-11-14/h12-15H,3-11H2,1-2H3. The minimum absolute atomic E-state index is 0.661. The Morgan fingerprint density at radius 2 is 2.18 bits per heavy atom. The van der Waals surface area contributed by atoms with Crippen LogP contribution in [0.25, 0.3) is 0 Å². The summed E-state index contributed by atoms with van der Waals surface area (Å²) in [5.74, 6) is 0.748. The molecule has 2 saturated heterocycles. The van der Waals surface area contributed by atoms with E-state index in [1.165, 1.54) is 45.3 Å². The Morgan fingerprint density at radius 1 is 1.29 bits per heavy atom. The summed E-state index contributed by atoms with van der Waals surface area (Å²) in [4.78, 5) is 2.67. The lowest BCUT2D eigenvalue weighted by Gasteiger charge is -2.36. The topological polar surface area (TPSA) is 24.5 Å². The first-order valence-electron chi connectivity index (χ1n) is 7.31. The maximum atomic E-state index is 5.65. The summed E-state index contributed by atoms with van der Waals surface area (Å²) in [6.45, 7) is 10.2. The van der Waals surface area contributed by atoms with Crippen LogP contribution in [-0.2, 0) is 4.74 Å². The predicted molar refractivity (Wildman–Crippen MR) is 71.3 cm³/mol. The van der Waals surface area contributed by atoms with Crippen LogP contribution in [0.1, 0.15) is 39.5 Å². The highest BCUT2D eigenvalue weighted by molar-refractivity contribution is 4.83. The van der Waals surface area contributed by atoms with Crippen LogP contribution in [0, 0.1) is 5.92 Å². The van der Waals surface area contributed by atoms with Crippen molar-refractivity contribution in [3.05, 3.63) is 0 Å². The summed E-state index contributed by atoms with van der Waals surface area (Å²) in [5, 5.41) is 3.62. The number of nitrogens with one attached hydrogen (secondary N) is 1. The van der Waals surface area contributed by atoms with Crippen molar-refractivity contribution in [1.82, 2.24) is 10.2 Å². The minimum Gasteiger partial charge on any atom is -0.380 e.